The van der Waals surface area contributed by atoms with E-state index in [2.05, 4.69) is 0 Å². The van der Waals surface area contributed by atoms with Crippen LogP contribution in [0.3, 0.4) is 0 Å². The van der Waals surface area contributed by atoms with E-state index in [0.29, 0.717) is 12.0 Å². The highest BCUT2D eigenvalue weighted by atomic mass is 16.1. The smallest absolute Gasteiger partial charge is 0.170 e. The van der Waals surface area contributed by atoms with E-state index < -0.39 is 0 Å². The molecule has 0 fully saturated rings. The van der Waals surface area contributed by atoms with Crippen molar-refractivity contribution in [1.82, 2.24) is 0 Å². The lowest BCUT2D eigenvalue weighted by Crippen LogP contribution is -2.08. The van der Waals surface area contributed by atoms with Crippen LogP contribution >= 0.6 is 0 Å². The molecule has 0 heterocycles. The predicted molar refractivity (Wildman–Crippen MR) is 69.4 cm³/mol. The molecule has 0 radical (unpaired) electrons. The van der Waals surface area contributed by atoms with Crippen LogP contribution < -0.4 is 0 Å². The van der Waals surface area contributed by atoms with Gasteiger partial charge in [-0.05, 0) is 32.4 Å². The number of benzene rings is 1. The molecule has 0 aromatic heterocycles. The molecule has 0 unspecified atom stereocenters. The van der Waals surface area contributed by atoms with Crippen LogP contribution in [-0.4, -0.2) is 11.6 Å². The first-order chi connectivity index (χ1) is 8.02. The molecule has 0 amide bonds. The largest absolute Gasteiger partial charge is 0.299 e. The fourth-order valence-electron chi connectivity index (χ4n) is 1.88. The van der Waals surface area contributed by atoms with Gasteiger partial charge in [0.15, 0.2) is 5.78 Å². The minimum Gasteiger partial charge on any atom is -0.299 e. The Morgan fingerprint density at radius 1 is 1.06 bits per heavy atom. The van der Waals surface area contributed by atoms with Gasteiger partial charge in [-0.25, -0.2) is 0 Å². The summed E-state index contributed by atoms with van der Waals surface area (Å²) in [7, 11) is 0. The molecule has 0 spiro atoms. The normalized spacial score (nSPS) is 10.3. The van der Waals surface area contributed by atoms with Gasteiger partial charge in [0.2, 0.25) is 0 Å². The van der Waals surface area contributed by atoms with Crippen molar-refractivity contribution in [2.24, 2.45) is 0 Å². The molecular weight excluding hydrogens is 212 g/mol. The lowest BCUT2D eigenvalue weighted by Gasteiger charge is -2.04. The Kier molecular flexibility index (Phi) is 5.08. The van der Waals surface area contributed by atoms with Gasteiger partial charge >= 0.3 is 0 Å². The van der Waals surface area contributed by atoms with Crippen LogP contribution in [0.1, 0.15) is 54.1 Å². The summed E-state index contributed by atoms with van der Waals surface area (Å²) in [5, 5.41) is 0. The highest BCUT2D eigenvalue weighted by Gasteiger charge is 2.11. The minimum atomic E-state index is -0.0575. The number of carbonyl (C=O) groups is 2. The molecule has 0 aliphatic heterocycles. The summed E-state index contributed by atoms with van der Waals surface area (Å²) in [5.41, 5.74) is 2.79. The Morgan fingerprint density at radius 3 is 2.18 bits per heavy atom. The van der Waals surface area contributed by atoms with Gasteiger partial charge in [-0.15, -0.1) is 0 Å². The van der Waals surface area contributed by atoms with Crippen molar-refractivity contribution < 1.29 is 9.59 Å². The van der Waals surface area contributed by atoms with Crippen LogP contribution in [0, 0.1) is 13.8 Å². The fraction of sp³-hybridized carbons (Fsp3) is 0.467. The molecule has 17 heavy (non-hydrogen) atoms. The Hall–Kier alpha value is -1.44. The zero-order valence-electron chi connectivity index (χ0n) is 10.9. The third-order valence-corrected chi connectivity index (χ3v) is 2.71. The average molecular weight is 232 g/mol. The van der Waals surface area contributed by atoms with Gasteiger partial charge < -0.3 is 0 Å². The monoisotopic (exact) mass is 232 g/mol. The molecular formula is C15H20O2. The lowest BCUT2D eigenvalue weighted by molar-refractivity contribution is -0.118. The van der Waals surface area contributed by atoms with Crippen LogP contribution in [-0.2, 0) is 4.79 Å². The summed E-state index contributed by atoms with van der Waals surface area (Å²) in [6.07, 6.45) is 2.43. The van der Waals surface area contributed by atoms with Gasteiger partial charge in [-0.3, -0.25) is 9.59 Å². The standard InChI is InChI=1S/C15H20O2/c1-4-5-6-14(16)10-15(17)13-8-11(2)7-12(3)9-13/h7-9H,4-6,10H2,1-3H3. The third kappa shape index (κ3) is 4.51. The molecule has 92 valence electrons. The number of hydrogen-bond donors (Lipinski definition) is 0. The Labute approximate surface area is 103 Å². The van der Waals surface area contributed by atoms with Crippen molar-refractivity contribution in [3.05, 3.63) is 34.9 Å². The molecule has 0 saturated carbocycles. The van der Waals surface area contributed by atoms with Crippen LogP contribution in [0.5, 0.6) is 0 Å². The SMILES string of the molecule is CCCCC(=O)CC(=O)c1cc(C)cc(C)c1. The summed E-state index contributed by atoms with van der Waals surface area (Å²) in [4.78, 5) is 23.4. The Morgan fingerprint density at radius 2 is 1.65 bits per heavy atom. The number of aryl methyl sites for hydroxylation is 2. The zero-order valence-corrected chi connectivity index (χ0v) is 10.9. The first-order valence-electron chi connectivity index (χ1n) is 6.16. The molecule has 1 rings (SSSR count). The van der Waals surface area contributed by atoms with Gasteiger partial charge in [-0.1, -0.05) is 30.5 Å². The van der Waals surface area contributed by atoms with Crippen LogP contribution in [0.15, 0.2) is 18.2 Å². The average Bonchev–Trinajstić information content (AvgIpc) is 2.25. The summed E-state index contributed by atoms with van der Waals surface area (Å²) in [6.45, 7) is 5.96. The second kappa shape index (κ2) is 6.33. The maximum absolute atomic E-state index is 11.9. The van der Waals surface area contributed by atoms with Crippen molar-refractivity contribution >= 4 is 11.6 Å². The molecule has 0 atom stereocenters. The van der Waals surface area contributed by atoms with Gasteiger partial charge in [0.1, 0.15) is 5.78 Å². The van der Waals surface area contributed by atoms with Crippen molar-refractivity contribution in [3.63, 3.8) is 0 Å². The summed E-state index contributed by atoms with van der Waals surface area (Å²) < 4.78 is 0. The Balaban J connectivity index is 2.66. The van der Waals surface area contributed by atoms with Crippen molar-refractivity contribution in [3.8, 4) is 0 Å². The second-order valence-electron chi connectivity index (χ2n) is 4.62. The van der Waals surface area contributed by atoms with Crippen LogP contribution in [0.2, 0.25) is 0 Å². The third-order valence-electron chi connectivity index (χ3n) is 2.71. The fourth-order valence-corrected chi connectivity index (χ4v) is 1.88. The number of rotatable bonds is 6. The van der Waals surface area contributed by atoms with Gasteiger partial charge in [-0.2, -0.15) is 0 Å². The number of Topliss-reactive ketones (excluding diaryl/α,β-unsaturated/α-hetero) is 2. The number of unbranched alkanes of at least 4 members (excludes halogenated alkanes) is 1. The molecule has 0 aliphatic carbocycles. The van der Waals surface area contributed by atoms with E-state index >= 15 is 0 Å². The van der Waals surface area contributed by atoms with E-state index in [4.69, 9.17) is 0 Å². The van der Waals surface area contributed by atoms with E-state index in [9.17, 15) is 9.59 Å². The highest BCUT2D eigenvalue weighted by Crippen LogP contribution is 2.12. The van der Waals surface area contributed by atoms with E-state index in [1.807, 2.05) is 39.0 Å². The van der Waals surface area contributed by atoms with E-state index in [1.165, 1.54) is 0 Å². The molecule has 1 aromatic rings. The Bertz CT molecular complexity index is 399. The maximum Gasteiger partial charge on any atom is 0.170 e. The predicted octanol–water partition coefficient (Wildman–Crippen LogP) is 3.64. The molecule has 2 nitrogen and oxygen atoms in total. The van der Waals surface area contributed by atoms with E-state index in [0.717, 1.165) is 24.0 Å². The molecule has 2 heteroatoms. The minimum absolute atomic E-state index is 0.0445. The molecule has 0 N–H and O–H groups in total. The van der Waals surface area contributed by atoms with Gasteiger partial charge in [0, 0.05) is 12.0 Å². The molecule has 1 aromatic carbocycles. The van der Waals surface area contributed by atoms with Crippen LogP contribution in [0.4, 0.5) is 0 Å². The first-order valence-corrected chi connectivity index (χ1v) is 6.16. The topological polar surface area (TPSA) is 34.1 Å². The number of carbonyl (C=O) groups excluding carboxylic acids is 2. The van der Waals surface area contributed by atoms with Crippen LogP contribution in [0.25, 0.3) is 0 Å². The van der Waals surface area contributed by atoms with Crippen molar-refractivity contribution in [1.29, 1.82) is 0 Å². The molecule has 0 aliphatic rings. The van der Waals surface area contributed by atoms with Crippen molar-refractivity contribution in [2.45, 2.75) is 46.5 Å². The summed E-state index contributed by atoms with van der Waals surface area (Å²) in [5.74, 6) is -0.00564. The maximum atomic E-state index is 11.9. The summed E-state index contributed by atoms with van der Waals surface area (Å²) >= 11 is 0. The van der Waals surface area contributed by atoms with E-state index in [-0.39, 0.29) is 18.0 Å². The molecule has 0 bridgehead atoms. The number of hydrogen-bond acceptors (Lipinski definition) is 2. The summed E-state index contributed by atoms with van der Waals surface area (Å²) in [6, 6.07) is 5.72. The van der Waals surface area contributed by atoms with E-state index in [1.54, 1.807) is 0 Å². The first kappa shape index (κ1) is 13.6. The zero-order chi connectivity index (χ0) is 12.8. The quantitative estimate of drug-likeness (QED) is 0.554. The highest BCUT2D eigenvalue weighted by molar-refractivity contribution is 6.08. The number of ketones is 2. The lowest BCUT2D eigenvalue weighted by atomic mass is 10.00. The van der Waals surface area contributed by atoms with Gasteiger partial charge in [0.05, 0.1) is 6.42 Å². The molecule has 0 saturated heterocycles. The second-order valence-corrected chi connectivity index (χ2v) is 4.62. The van der Waals surface area contributed by atoms with Gasteiger partial charge in [0.25, 0.3) is 0 Å². The van der Waals surface area contributed by atoms with Crippen molar-refractivity contribution in [2.75, 3.05) is 0 Å².